The molecule has 0 bridgehead atoms. The maximum atomic E-state index is 11.9. The molecule has 0 aliphatic carbocycles. The molecule has 0 aromatic heterocycles. The van der Waals surface area contributed by atoms with Gasteiger partial charge in [-0.2, -0.15) is 0 Å². The van der Waals surface area contributed by atoms with E-state index >= 15 is 0 Å². The molecule has 1 rings (SSSR count). The standard InChI is InChI=1S/C8H16BF3N.K/c10-9(11,12)5-4-8-13-6-2-1-3-7-13;/h1-8H2;/q-1;+1. The van der Waals surface area contributed by atoms with Crippen molar-refractivity contribution in [2.24, 2.45) is 0 Å². The van der Waals surface area contributed by atoms with Crippen LogP contribution in [0.5, 0.6) is 0 Å². The van der Waals surface area contributed by atoms with Crippen LogP contribution in [0.2, 0.25) is 6.32 Å². The van der Waals surface area contributed by atoms with Crippen LogP contribution in [0.3, 0.4) is 0 Å². The number of nitrogens with zero attached hydrogens (tertiary/aromatic N) is 1. The summed E-state index contributed by atoms with van der Waals surface area (Å²) >= 11 is 0. The average molecular weight is 233 g/mol. The third-order valence-electron chi connectivity index (χ3n) is 2.45. The zero-order valence-corrected chi connectivity index (χ0v) is 11.9. The van der Waals surface area contributed by atoms with E-state index in [9.17, 15) is 12.9 Å². The number of hydrogen-bond acceptors (Lipinski definition) is 1. The summed E-state index contributed by atoms with van der Waals surface area (Å²) in [6, 6.07) is 0. The third-order valence-corrected chi connectivity index (χ3v) is 2.45. The molecule has 1 aliphatic rings. The largest absolute Gasteiger partial charge is 1.00 e. The van der Waals surface area contributed by atoms with Gasteiger partial charge in [0.1, 0.15) is 0 Å². The van der Waals surface area contributed by atoms with E-state index < -0.39 is 13.3 Å². The Kier molecular flexibility index (Phi) is 8.48. The van der Waals surface area contributed by atoms with Crippen molar-refractivity contribution < 1.29 is 64.3 Å². The van der Waals surface area contributed by atoms with Crippen molar-refractivity contribution >= 4 is 6.98 Å². The van der Waals surface area contributed by atoms with Gasteiger partial charge < -0.3 is 17.8 Å². The summed E-state index contributed by atoms with van der Waals surface area (Å²) < 4.78 is 35.6. The molecule has 14 heavy (non-hydrogen) atoms. The van der Waals surface area contributed by atoms with Gasteiger partial charge in [-0.25, -0.2) is 0 Å². The molecule has 0 spiro atoms. The fourth-order valence-electron chi connectivity index (χ4n) is 1.73. The Morgan fingerprint density at radius 3 is 2.07 bits per heavy atom. The molecule has 0 saturated carbocycles. The van der Waals surface area contributed by atoms with Crippen molar-refractivity contribution in [3.63, 3.8) is 0 Å². The molecule has 1 aliphatic heterocycles. The van der Waals surface area contributed by atoms with E-state index in [1.54, 1.807) is 0 Å². The van der Waals surface area contributed by atoms with Crippen molar-refractivity contribution in [2.45, 2.75) is 32.0 Å². The van der Waals surface area contributed by atoms with E-state index in [0.29, 0.717) is 6.54 Å². The summed E-state index contributed by atoms with van der Waals surface area (Å²) in [5.41, 5.74) is 0. The fourth-order valence-corrected chi connectivity index (χ4v) is 1.73. The molecular formula is C8H16BF3KN. The van der Waals surface area contributed by atoms with E-state index in [-0.39, 0.29) is 57.8 Å². The van der Waals surface area contributed by atoms with Crippen LogP contribution in [0.25, 0.3) is 0 Å². The van der Waals surface area contributed by atoms with Crippen molar-refractivity contribution in [3.05, 3.63) is 0 Å². The quantitative estimate of drug-likeness (QED) is 0.603. The predicted octanol–water partition coefficient (Wildman–Crippen LogP) is -0.286. The van der Waals surface area contributed by atoms with Gasteiger partial charge in [-0.15, -0.1) is 0 Å². The topological polar surface area (TPSA) is 3.24 Å². The second-order valence-electron chi connectivity index (χ2n) is 3.75. The molecular weight excluding hydrogens is 217 g/mol. The summed E-state index contributed by atoms with van der Waals surface area (Å²) in [5, 5.41) is 0. The van der Waals surface area contributed by atoms with Gasteiger partial charge in [0.2, 0.25) is 0 Å². The summed E-state index contributed by atoms with van der Waals surface area (Å²) in [4.78, 5) is 2.14. The zero-order chi connectivity index (χ0) is 9.73. The van der Waals surface area contributed by atoms with Crippen LogP contribution >= 0.6 is 0 Å². The second-order valence-corrected chi connectivity index (χ2v) is 3.75. The molecule has 1 nitrogen and oxygen atoms in total. The Morgan fingerprint density at radius 2 is 1.57 bits per heavy atom. The molecule has 1 heterocycles. The van der Waals surface area contributed by atoms with E-state index in [4.69, 9.17) is 0 Å². The number of halogens is 3. The first-order chi connectivity index (χ1) is 6.08. The molecule has 0 aromatic carbocycles. The molecule has 1 saturated heterocycles. The molecule has 0 N–H and O–H groups in total. The van der Waals surface area contributed by atoms with Crippen molar-refractivity contribution in [1.29, 1.82) is 0 Å². The van der Waals surface area contributed by atoms with Gasteiger partial charge in [0.25, 0.3) is 0 Å². The number of likely N-dealkylation sites (tertiary alicyclic amines) is 1. The van der Waals surface area contributed by atoms with E-state index in [2.05, 4.69) is 4.90 Å². The minimum absolute atomic E-state index is 0. The Balaban J connectivity index is 0.00000169. The normalized spacial score (nSPS) is 19.1. The average Bonchev–Trinajstić information content (AvgIpc) is 2.04. The summed E-state index contributed by atoms with van der Waals surface area (Å²) in [6.07, 6.45) is 3.24. The first-order valence-electron chi connectivity index (χ1n) is 5.01. The molecule has 78 valence electrons. The van der Waals surface area contributed by atoms with Gasteiger partial charge in [-0.1, -0.05) is 19.2 Å². The van der Waals surface area contributed by atoms with Gasteiger partial charge >= 0.3 is 58.4 Å². The molecule has 1 fully saturated rings. The van der Waals surface area contributed by atoms with E-state index in [1.165, 1.54) is 6.42 Å². The second kappa shape index (κ2) is 7.68. The molecule has 6 heteroatoms. The van der Waals surface area contributed by atoms with Crippen molar-refractivity contribution in [2.75, 3.05) is 19.6 Å². The molecule has 0 amide bonds. The smallest absolute Gasteiger partial charge is 0.449 e. The molecule has 0 aromatic rings. The Bertz CT molecular complexity index is 148. The van der Waals surface area contributed by atoms with E-state index in [0.717, 1.165) is 25.9 Å². The SMILES string of the molecule is F[B-](F)(F)CCCN1CCCCC1.[K+]. The Morgan fingerprint density at radius 1 is 1.00 bits per heavy atom. The van der Waals surface area contributed by atoms with Crippen LogP contribution in [0.1, 0.15) is 25.7 Å². The minimum Gasteiger partial charge on any atom is -0.449 e. The van der Waals surface area contributed by atoms with Crippen molar-refractivity contribution in [3.8, 4) is 0 Å². The van der Waals surface area contributed by atoms with Gasteiger partial charge in [0, 0.05) is 0 Å². The number of rotatable bonds is 4. The van der Waals surface area contributed by atoms with Crippen molar-refractivity contribution in [1.82, 2.24) is 4.90 Å². The maximum absolute atomic E-state index is 11.9. The third kappa shape index (κ3) is 7.71. The maximum Gasteiger partial charge on any atom is 1.00 e. The fraction of sp³-hybridized carbons (Fsp3) is 1.00. The van der Waals surface area contributed by atoms with Gasteiger partial charge in [-0.05, 0) is 32.5 Å². The van der Waals surface area contributed by atoms with E-state index in [1.807, 2.05) is 0 Å². The molecule has 0 unspecified atom stereocenters. The number of hydrogen-bond donors (Lipinski definition) is 0. The summed E-state index contributed by atoms with van der Waals surface area (Å²) in [5.74, 6) is 0. The predicted molar refractivity (Wildman–Crippen MR) is 48.8 cm³/mol. The van der Waals surface area contributed by atoms with Crippen LogP contribution in [-0.4, -0.2) is 31.5 Å². The van der Waals surface area contributed by atoms with Gasteiger partial charge in [-0.3, -0.25) is 0 Å². The molecule has 0 radical (unpaired) electrons. The van der Waals surface area contributed by atoms with Crippen LogP contribution in [0.15, 0.2) is 0 Å². The Labute approximate surface area is 126 Å². The minimum atomic E-state index is -4.56. The van der Waals surface area contributed by atoms with Crippen LogP contribution in [-0.2, 0) is 0 Å². The summed E-state index contributed by atoms with van der Waals surface area (Å²) in [6.45, 7) is -1.95. The summed E-state index contributed by atoms with van der Waals surface area (Å²) in [7, 11) is 0. The first-order valence-corrected chi connectivity index (χ1v) is 5.01. The van der Waals surface area contributed by atoms with Gasteiger partial charge in [0.05, 0.1) is 0 Å². The molecule has 0 atom stereocenters. The zero-order valence-electron chi connectivity index (χ0n) is 8.82. The first kappa shape index (κ1) is 15.5. The Hall–Kier alpha value is 1.45. The van der Waals surface area contributed by atoms with Crippen LogP contribution in [0.4, 0.5) is 12.9 Å². The van der Waals surface area contributed by atoms with Crippen LogP contribution < -0.4 is 51.4 Å². The van der Waals surface area contributed by atoms with Gasteiger partial charge in [0.15, 0.2) is 0 Å². The van der Waals surface area contributed by atoms with Crippen LogP contribution in [0, 0.1) is 0 Å². The number of piperidine rings is 1. The monoisotopic (exact) mass is 233 g/mol.